The number of hydrogen-bond donors (Lipinski definition) is 1. The summed E-state index contributed by atoms with van der Waals surface area (Å²) in [5.41, 5.74) is 4.53. The number of hydrazone groups is 1. The Balaban J connectivity index is 1.78. The maximum Gasteiger partial charge on any atom is 0.277 e. The first kappa shape index (κ1) is 15.3. The number of carbonyl (C=O) groups excluding carboxylic acids is 1. The Bertz CT molecular complexity index is 639. The average Bonchev–Trinajstić information content (AvgIpc) is 2.47. The van der Waals surface area contributed by atoms with Crippen LogP contribution in [0.1, 0.15) is 11.1 Å². The molecule has 0 radical (unpaired) electrons. The van der Waals surface area contributed by atoms with Gasteiger partial charge in [-0.2, -0.15) is 5.10 Å². The lowest BCUT2D eigenvalue weighted by atomic mass is 10.2. The van der Waals surface area contributed by atoms with Gasteiger partial charge in [0.05, 0.1) is 6.21 Å². The summed E-state index contributed by atoms with van der Waals surface area (Å²) in [6.45, 7) is 1.93. The summed E-state index contributed by atoms with van der Waals surface area (Å²) in [5.74, 6) is 0.320. The lowest BCUT2D eigenvalue weighted by Crippen LogP contribution is -2.24. The lowest BCUT2D eigenvalue weighted by Gasteiger charge is -2.05. The molecule has 0 bridgehead atoms. The minimum atomic E-state index is -0.307. The quantitative estimate of drug-likeness (QED) is 0.667. The SMILES string of the molecule is Cc1ccc(C=NNC(=O)COc2cccc(Br)c2)cc1. The monoisotopic (exact) mass is 346 g/mol. The third-order valence-electron chi connectivity index (χ3n) is 2.65. The molecule has 1 N–H and O–H groups in total. The van der Waals surface area contributed by atoms with Crippen molar-refractivity contribution in [3.63, 3.8) is 0 Å². The molecule has 1 amide bonds. The van der Waals surface area contributed by atoms with E-state index in [9.17, 15) is 4.79 Å². The van der Waals surface area contributed by atoms with Crippen molar-refractivity contribution in [3.05, 3.63) is 64.1 Å². The van der Waals surface area contributed by atoms with E-state index in [0.717, 1.165) is 10.0 Å². The summed E-state index contributed by atoms with van der Waals surface area (Å²) in [4.78, 5) is 11.6. The lowest BCUT2D eigenvalue weighted by molar-refractivity contribution is -0.123. The normalized spacial score (nSPS) is 10.6. The van der Waals surface area contributed by atoms with E-state index in [4.69, 9.17) is 4.74 Å². The van der Waals surface area contributed by atoms with Crippen LogP contribution in [0.4, 0.5) is 0 Å². The van der Waals surface area contributed by atoms with Gasteiger partial charge in [0.1, 0.15) is 5.75 Å². The van der Waals surface area contributed by atoms with E-state index in [1.54, 1.807) is 18.3 Å². The highest BCUT2D eigenvalue weighted by molar-refractivity contribution is 9.10. The van der Waals surface area contributed by atoms with Crippen molar-refractivity contribution in [2.24, 2.45) is 5.10 Å². The molecule has 2 aromatic carbocycles. The van der Waals surface area contributed by atoms with Gasteiger partial charge in [0.25, 0.3) is 5.91 Å². The van der Waals surface area contributed by atoms with Crippen molar-refractivity contribution in [2.45, 2.75) is 6.92 Å². The molecule has 0 aliphatic rings. The number of carbonyl (C=O) groups is 1. The van der Waals surface area contributed by atoms with Gasteiger partial charge < -0.3 is 4.74 Å². The third kappa shape index (κ3) is 5.39. The molecule has 0 saturated carbocycles. The second-order valence-corrected chi connectivity index (χ2v) is 5.37. The molecule has 4 nitrogen and oxygen atoms in total. The van der Waals surface area contributed by atoms with Gasteiger partial charge in [0.2, 0.25) is 0 Å². The molecule has 0 heterocycles. The molecular formula is C16H15BrN2O2. The van der Waals surface area contributed by atoms with Crippen LogP contribution in [0, 0.1) is 6.92 Å². The first-order valence-electron chi connectivity index (χ1n) is 6.40. The molecule has 2 rings (SSSR count). The molecule has 5 heteroatoms. The zero-order valence-electron chi connectivity index (χ0n) is 11.5. The van der Waals surface area contributed by atoms with Crippen LogP contribution in [0.2, 0.25) is 0 Å². The van der Waals surface area contributed by atoms with Crippen molar-refractivity contribution < 1.29 is 9.53 Å². The number of amides is 1. The van der Waals surface area contributed by atoms with E-state index in [1.165, 1.54) is 5.56 Å². The van der Waals surface area contributed by atoms with Gasteiger partial charge >= 0.3 is 0 Å². The van der Waals surface area contributed by atoms with Gasteiger partial charge in [-0.3, -0.25) is 4.79 Å². The van der Waals surface area contributed by atoms with E-state index in [2.05, 4.69) is 26.5 Å². The molecule has 0 spiro atoms. The molecule has 0 unspecified atom stereocenters. The molecule has 2 aromatic rings. The van der Waals surface area contributed by atoms with Crippen molar-refractivity contribution >= 4 is 28.1 Å². The Kier molecular flexibility index (Phi) is 5.51. The van der Waals surface area contributed by atoms with Crippen LogP contribution in [0.5, 0.6) is 5.75 Å². The fourth-order valence-electron chi connectivity index (χ4n) is 1.57. The van der Waals surface area contributed by atoms with Gasteiger partial charge in [0, 0.05) is 4.47 Å². The van der Waals surface area contributed by atoms with Crippen LogP contribution >= 0.6 is 15.9 Å². The largest absolute Gasteiger partial charge is 0.484 e. The Morgan fingerprint density at radius 1 is 1.29 bits per heavy atom. The number of rotatable bonds is 5. The van der Waals surface area contributed by atoms with Crippen LogP contribution in [0.3, 0.4) is 0 Å². The molecule has 0 aliphatic heterocycles. The summed E-state index contributed by atoms with van der Waals surface area (Å²) in [7, 11) is 0. The Morgan fingerprint density at radius 3 is 2.76 bits per heavy atom. The summed E-state index contributed by atoms with van der Waals surface area (Å²) in [6.07, 6.45) is 1.59. The molecule has 21 heavy (non-hydrogen) atoms. The topological polar surface area (TPSA) is 50.7 Å². The highest BCUT2D eigenvalue weighted by Crippen LogP contribution is 2.17. The zero-order chi connectivity index (χ0) is 15.1. The van der Waals surface area contributed by atoms with Crippen molar-refractivity contribution in [2.75, 3.05) is 6.61 Å². The van der Waals surface area contributed by atoms with Crippen LogP contribution < -0.4 is 10.2 Å². The number of nitrogens with zero attached hydrogens (tertiary/aromatic N) is 1. The molecule has 0 aliphatic carbocycles. The minimum absolute atomic E-state index is 0.0817. The number of halogens is 1. The Morgan fingerprint density at radius 2 is 2.05 bits per heavy atom. The Labute approximate surface area is 132 Å². The van der Waals surface area contributed by atoms with Gasteiger partial charge in [-0.15, -0.1) is 0 Å². The fourth-order valence-corrected chi connectivity index (χ4v) is 1.95. The van der Waals surface area contributed by atoms with Crippen LogP contribution in [0.25, 0.3) is 0 Å². The maximum atomic E-state index is 11.6. The number of nitrogens with one attached hydrogen (secondary N) is 1. The second kappa shape index (κ2) is 7.59. The molecule has 0 atom stereocenters. The molecule has 0 fully saturated rings. The summed E-state index contributed by atoms with van der Waals surface area (Å²) in [6, 6.07) is 15.1. The number of benzene rings is 2. The third-order valence-corrected chi connectivity index (χ3v) is 3.14. The number of ether oxygens (including phenoxy) is 1. The van der Waals surface area contributed by atoms with Gasteiger partial charge in [0.15, 0.2) is 6.61 Å². The van der Waals surface area contributed by atoms with Crippen LogP contribution in [-0.2, 0) is 4.79 Å². The first-order chi connectivity index (χ1) is 10.1. The number of hydrogen-bond acceptors (Lipinski definition) is 3. The highest BCUT2D eigenvalue weighted by atomic mass is 79.9. The first-order valence-corrected chi connectivity index (χ1v) is 7.20. The van der Waals surface area contributed by atoms with Crippen LogP contribution in [-0.4, -0.2) is 18.7 Å². The minimum Gasteiger partial charge on any atom is -0.484 e. The molecule has 0 aromatic heterocycles. The van der Waals surface area contributed by atoms with E-state index in [1.807, 2.05) is 43.3 Å². The van der Waals surface area contributed by atoms with E-state index in [-0.39, 0.29) is 12.5 Å². The standard InChI is InChI=1S/C16H15BrN2O2/c1-12-5-7-13(8-6-12)10-18-19-16(20)11-21-15-4-2-3-14(17)9-15/h2-10H,11H2,1H3,(H,19,20). The maximum absolute atomic E-state index is 11.6. The van der Waals surface area contributed by atoms with E-state index < -0.39 is 0 Å². The molecular weight excluding hydrogens is 332 g/mol. The summed E-state index contributed by atoms with van der Waals surface area (Å²) < 4.78 is 6.25. The van der Waals surface area contributed by atoms with Crippen molar-refractivity contribution in [1.82, 2.24) is 5.43 Å². The number of aryl methyl sites for hydroxylation is 1. The van der Waals surface area contributed by atoms with Gasteiger partial charge in [-0.05, 0) is 30.7 Å². The highest BCUT2D eigenvalue weighted by Gasteiger charge is 2.01. The van der Waals surface area contributed by atoms with Gasteiger partial charge in [-0.25, -0.2) is 5.43 Å². The van der Waals surface area contributed by atoms with Crippen LogP contribution in [0.15, 0.2) is 58.1 Å². The predicted molar refractivity (Wildman–Crippen MR) is 86.6 cm³/mol. The zero-order valence-corrected chi connectivity index (χ0v) is 13.1. The van der Waals surface area contributed by atoms with Crippen molar-refractivity contribution in [1.29, 1.82) is 0 Å². The van der Waals surface area contributed by atoms with Crippen molar-refractivity contribution in [3.8, 4) is 5.75 Å². The summed E-state index contributed by atoms with van der Waals surface area (Å²) in [5, 5.41) is 3.89. The smallest absolute Gasteiger partial charge is 0.277 e. The Hall–Kier alpha value is -2.14. The summed E-state index contributed by atoms with van der Waals surface area (Å²) >= 11 is 3.34. The van der Waals surface area contributed by atoms with Gasteiger partial charge in [-0.1, -0.05) is 51.8 Å². The predicted octanol–water partition coefficient (Wildman–Crippen LogP) is 3.29. The van der Waals surface area contributed by atoms with E-state index in [0.29, 0.717) is 5.75 Å². The average molecular weight is 347 g/mol. The second-order valence-electron chi connectivity index (χ2n) is 4.45. The van der Waals surface area contributed by atoms with E-state index >= 15 is 0 Å². The fraction of sp³-hybridized carbons (Fsp3) is 0.125. The molecule has 0 saturated heterocycles. The molecule has 108 valence electrons.